The molecule has 188 valence electrons. The number of aromatic nitrogens is 2. The number of unbranched alkanes of at least 4 members (excludes halogenated alkanes) is 1. The van der Waals surface area contributed by atoms with Gasteiger partial charge in [0.05, 0.1) is 5.69 Å². The van der Waals surface area contributed by atoms with Crippen molar-refractivity contribution in [1.29, 1.82) is 0 Å². The normalized spacial score (nSPS) is 16.0. The highest BCUT2D eigenvalue weighted by molar-refractivity contribution is 5.52. The molecule has 3 aromatic rings. The fourth-order valence-corrected chi connectivity index (χ4v) is 5.14. The van der Waals surface area contributed by atoms with Crippen LogP contribution in [-0.4, -0.2) is 40.1 Å². The topological polar surface area (TPSA) is 62.2 Å². The summed E-state index contributed by atoms with van der Waals surface area (Å²) in [5.74, 6) is 0.432. The molecule has 6 heteroatoms. The van der Waals surface area contributed by atoms with Crippen LogP contribution in [0.15, 0.2) is 59.7 Å². The first-order chi connectivity index (χ1) is 17.7. The molecular weight excluding hydrogens is 446 g/mol. The molecule has 0 radical (unpaired) electrons. The van der Waals surface area contributed by atoms with Crippen LogP contribution in [-0.2, 0) is 6.54 Å². The Bertz CT molecular complexity index is 1350. The van der Waals surface area contributed by atoms with Gasteiger partial charge in [0.25, 0.3) is 5.56 Å². The quantitative estimate of drug-likeness (QED) is 0.453. The molecular formula is C30H37N5O. The first kappa shape index (κ1) is 24.3. The second kappa shape index (κ2) is 11.6. The van der Waals surface area contributed by atoms with Crippen molar-refractivity contribution in [2.75, 3.05) is 30.3 Å². The Morgan fingerprint density at radius 1 is 1.03 bits per heavy atom. The summed E-state index contributed by atoms with van der Waals surface area (Å²) in [7, 11) is 0. The van der Waals surface area contributed by atoms with E-state index in [-0.39, 0.29) is 11.6 Å². The molecule has 2 N–H and O–H groups in total. The molecule has 5 rings (SSSR count). The standard InChI is InChI=1S/C30H37N5O/c1-2-3-15-31-27-9-6-10-28(21-27)35-19-16-32-29(30(35)36)33-26-13-17-34(18-14-26)22-23-11-12-24-7-4-5-8-25(24)20-23/h6-12,16,19-21,26,31H,2-5,13-15,17-18,22H2,1H3,(H,32,33). The Labute approximate surface area is 213 Å². The van der Waals surface area contributed by atoms with Gasteiger partial charge in [-0.05, 0) is 66.3 Å². The number of rotatable bonds is 9. The maximum absolute atomic E-state index is 13.2. The lowest BCUT2D eigenvalue weighted by atomic mass is 10.0. The summed E-state index contributed by atoms with van der Waals surface area (Å²) < 4.78 is 1.68. The summed E-state index contributed by atoms with van der Waals surface area (Å²) in [6, 6.07) is 15.1. The van der Waals surface area contributed by atoms with E-state index in [4.69, 9.17) is 0 Å². The second-order valence-corrected chi connectivity index (χ2v) is 9.93. The lowest BCUT2D eigenvalue weighted by molar-refractivity contribution is 0.211. The molecule has 1 aromatic heterocycles. The first-order valence-electron chi connectivity index (χ1n) is 13.4. The van der Waals surface area contributed by atoms with Crippen LogP contribution >= 0.6 is 0 Å². The highest BCUT2D eigenvalue weighted by atomic mass is 16.1. The van der Waals surface area contributed by atoms with E-state index in [1.54, 1.807) is 17.0 Å². The highest BCUT2D eigenvalue weighted by Gasteiger charge is 2.21. The zero-order valence-electron chi connectivity index (χ0n) is 21.2. The Morgan fingerprint density at radius 3 is 2.69 bits per heavy atom. The maximum Gasteiger partial charge on any atom is 0.297 e. The van der Waals surface area contributed by atoms with E-state index < -0.39 is 0 Å². The Morgan fingerprint density at radius 2 is 1.86 bits per heavy atom. The number of nitrogens with one attached hydrogen (secondary N) is 2. The second-order valence-electron chi connectivity index (χ2n) is 9.93. The predicted octanol–water partition coefficient (Wildman–Crippen LogP) is 3.88. The van der Waals surface area contributed by atoms with Crippen molar-refractivity contribution in [2.24, 2.45) is 0 Å². The molecule has 0 atom stereocenters. The third-order valence-electron chi connectivity index (χ3n) is 7.21. The Kier molecular flexibility index (Phi) is 7.82. The van der Waals surface area contributed by atoms with E-state index in [9.17, 15) is 4.79 Å². The molecule has 1 aliphatic carbocycles. The molecule has 0 unspecified atom stereocenters. The van der Waals surface area contributed by atoms with Gasteiger partial charge in [0, 0.05) is 50.3 Å². The van der Waals surface area contributed by atoms with Crippen LogP contribution in [0.2, 0.25) is 0 Å². The predicted molar refractivity (Wildman–Crippen MR) is 149 cm³/mol. The van der Waals surface area contributed by atoms with E-state index in [2.05, 4.69) is 57.8 Å². The van der Waals surface area contributed by atoms with Gasteiger partial charge in [0.1, 0.15) is 0 Å². The van der Waals surface area contributed by atoms with Crippen molar-refractivity contribution in [3.63, 3.8) is 0 Å². The van der Waals surface area contributed by atoms with Crippen LogP contribution in [0.4, 0.5) is 11.5 Å². The van der Waals surface area contributed by atoms with Gasteiger partial charge >= 0.3 is 0 Å². The molecule has 1 fully saturated rings. The molecule has 1 aliphatic heterocycles. The number of likely N-dealkylation sites (tertiary alicyclic amines) is 1. The van der Waals surface area contributed by atoms with Crippen molar-refractivity contribution >= 4 is 23.7 Å². The fraction of sp³-hybridized carbons (Fsp3) is 0.400. The Hall–Kier alpha value is -3.38. The zero-order valence-corrected chi connectivity index (χ0v) is 21.2. The molecule has 2 aromatic carbocycles. The lowest BCUT2D eigenvalue weighted by Gasteiger charge is -2.32. The third-order valence-corrected chi connectivity index (χ3v) is 7.21. The molecule has 2 aliphatic rings. The molecule has 0 bridgehead atoms. The van der Waals surface area contributed by atoms with E-state index >= 15 is 0 Å². The monoisotopic (exact) mass is 483 g/mol. The van der Waals surface area contributed by atoms with Gasteiger partial charge in [-0.2, -0.15) is 0 Å². The van der Waals surface area contributed by atoms with Gasteiger partial charge in [-0.15, -0.1) is 0 Å². The van der Waals surface area contributed by atoms with Crippen molar-refractivity contribution < 1.29 is 0 Å². The van der Waals surface area contributed by atoms with Crippen molar-refractivity contribution in [3.05, 3.63) is 81.2 Å². The van der Waals surface area contributed by atoms with Gasteiger partial charge in [-0.25, -0.2) is 4.98 Å². The van der Waals surface area contributed by atoms with Gasteiger partial charge in [0.2, 0.25) is 0 Å². The van der Waals surface area contributed by atoms with Crippen molar-refractivity contribution in [3.8, 4) is 5.69 Å². The lowest BCUT2D eigenvalue weighted by Crippen LogP contribution is -2.40. The number of anilines is 2. The van der Waals surface area contributed by atoms with Crippen molar-refractivity contribution in [1.82, 2.24) is 14.5 Å². The van der Waals surface area contributed by atoms with Gasteiger partial charge < -0.3 is 10.6 Å². The van der Waals surface area contributed by atoms with E-state index in [1.165, 1.54) is 16.0 Å². The summed E-state index contributed by atoms with van der Waals surface area (Å²) in [6.45, 7) is 6.11. The molecule has 0 saturated carbocycles. The molecule has 36 heavy (non-hydrogen) atoms. The Balaban J connectivity index is 1.20. The van der Waals surface area contributed by atoms with Gasteiger partial charge in [-0.1, -0.05) is 49.8 Å². The van der Waals surface area contributed by atoms with Crippen LogP contribution in [0.1, 0.15) is 51.0 Å². The summed E-state index contributed by atoms with van der Waals surface area (Å²) in [4.78, 5) is 20.1. The van der Waals surface area contributed by atoms with Crippen LogP contribution in [0.3, 0.4) is 0 Å². The average molecular weight is 484 g/mol. The SMILES string of the molecule is CCCCNc1cccc(-n2ccnc(NC3CCN(Cc4ccc5c(c4)=CCCC=5)CC3)c2=O)c1. The fourth-order valence-electron chi connectivity index (χ4n) is 5.14. The minimum absolute atomic E-state index is 0.104. The van der Waals surface area contributed by atoms with E-state index in [1.807, 2.05) is 24.3 Å². The number of hydrogen-bond donors (Lipinski definition) is 2. The average Bonchev–Trinajstić information content (AvgIpc) is 2.91. The van der Waals surface area contributed by atoms with E-state index in [0.717, 1.165) is 76.1 Å². The number of fused-ring (bicyclic) bond motifs is 1. The van der Waals surface area contributed by atoms with Crippen molar-refractivity contribution in [2.45, 2.75) is 58.0 Å². The molecule has 2 heterocycles. The summed E-state index contributed by atoms with van der Waals surface area (Å²) >= 11 is 0. The number of benzene rings is 2. The summed E-state index contributed by atoms with van der Waals surface area (Å²) in [5.41, 5.74) is 3.15. The van der Waals surface area contributed by atoms with Gasteiger partial charge in [-0.3, -0.25) is 14.3 Å². The minimum atomic E-state index is -0.104. The zero-order chi connectivity index (χ0) is 24.7. The number of nitrogens with zero attached hydrogens (tertiary/aromatic N) is 3. The molecule has 1 saturated heterocycles. The maximum atomic E-state index is 13.2. The number of hydrogen-bond acceptors (Lipinski definition) is 5. The van der Waals surface area contributed by atoms with Crippen LogP contribution in [0, 0.1) is 0 Å². The third kappa shape index (κ3) is 5.88. The van der Waals surface area contributed by atoms with Crippen LogP contribution in [0.25, 0.3) is 17.8 Å². The summed E-state index contributed by atoms with van der Waals surface area (Å²) in [6.07, 6.45) is 14.7. The number of piperidine rings is 1. The summed E-state index contributed by atoms with van der Waals surface area (Å²) in [5, 5.41) is 9.63. The van der Waals surface area contributed by atoms with Crippen LogP contribution < -0.4 is 26.6 Å². The van der Waals surface area contributed by atoms with Gasteiger partial charge in [0.15, 0.2) is 5.82 Å². The van der Waals surface area contributed by atoms with E-state index in [0.29, 0.717) is 5.82 Å². The highest BCUT2D eigenvalue weighted by Crippen LogP contribution is 2.17. The molecule has 0 spiro atoms. The minimum Gasteiger partial charge on any atom is -0.385 e. The molecule has 0 amide bonds. The molecule has 6 nitrogen and oxygen atoms in total. The largest absolute Gasteiger partial charge is 0.385 e. The smallest absolute Gasteiger partial charge is 0.297 e. The first-order valence-corrected chi connectivity index (χ1v) is 13.4. The van der Waals surface area contributed by atoms with Crippen LogP contribution in [0.5, 0.6) is 0 Å².